The third kappa shape index (κ3) is 45.3. The van der Waals surface area contributed by atoms with Crippen LogP contribution in [0.1, 0.15) is 77.6 Å². The second kappa shape index (κ2) is 19.1. The van der Waals surface area contributed by atoms with Gasteiger partial charge in [0.05, 0.1) is 0 Å². The molecular weight excluding hydrogens is 274 g/mol. The molecular formula is C13H30NaO4P. The molecule has 0 heterocycles. The molecule has 0 rings (SSSR count). The minimum absolute atomic E-state index is 0. The fourth-order valence-corrected chi connectivity index (χ4v) is 1.66. The SMILES string of the molecule is O=P(O)(O)O.[CH2-]CCCCCCCCCCCC.[Na+]. The molecule has 0 saturated heterocycles. The maximum atomic E-state index is 8.88. The summed E-state index contributed by atoms with van der Waals surface area (Å²) in [6.45, 7) is 6.13. The number of hydrogen-bond acceptors (Lipinski definition) is 1. The summed E-state index contributed by atoms with van der Waals surface area (Å²) in [5, 5.41) is 0. The second-order valence-electron chi connectivity index (χ2n) is 4.55. The Morgan fingerprint density at radius 3 is 1.32 bits per heavy atom. The molecule has 3 N–H and O–H groups in total. The number of rotatable bonds is 10. The normalized spacial score (nSPS) is 10.4. The van der Waals surface area contributed by atoms with Crippen LogP contribution >= 0.6 is 7.82 Å². The largest absolute Gasteiger partial charge is 1.00 e. The van der Waals surface area contributed by atoms with Gasteiger partial charge in [0.15, 0.2) is 0 Å². The van der Waals surface area contributed by atoms with Crippen LogP contribution in [-0.2, 0) is 4.57 Å². The van der Waals surface area contributed by atoms with E-state index in [0.717, 1.165) is 6.42 Å². The Balaban J connectivity index is -0.000000366. The van der Waals surface area contributed by atoms with Gasteiger partial charge in [0.25, 0.3) is 0 Å². The zero-order chi connectivity index (χ0) is 14.3. The minimum atomic E-state index is -4.64. The Morgan fingerprint density at radius 2 is 1.05 bits per heavy atom. The molecule has 0 aromatic carbocycles. The molecule has 0 bridgehead atoms. The third-order valence-corrected chi connectivity index (χ3v) is 2.60. The predicted molar refractivity (Wildman–Crippen MR) is 76.1 cm³/mol. The molecule has 0 radical (unpaired) electrons. The van der Waals surface area contributed by atoms with Crippen molar-refractivity contribution < 1.29 is 48.8 Å². The van der Waals surface area contributed by atoms with Crippen LogP contribution in [0.25, 0.3) is 0 Å². The molecule has 0 fully saturated rings. The predicted octanol–water partition coefficient (Wildman–Crippen LogP) is 1.21. The van der Waals surface area contributed by atoms with Gasteiger partial charge in [0.1, 0.15) is 0 Å². The monoisotopic (exact) mass is 304 g/mol. The van der Waals surface area contributed by atoms with E-state index >= 15 is 0 Å². The smallest absolute Gasteiger partial charge is 0.343 e. The van der Waals surface area contributed by atoms with Crippen LogP contribution in [0.4, 0.5) is 0 Å². The van der Waals surface area contributed by atoms with E-state index < -0.39 is 7.82 Å². The Labute approximate surface area is 140 Å². The molecule has 6 heteroatoms. The van der Waals surface area contributed by atoms with Crippen molar-refractivity contribution in [3.63, 3.8) is 0 Å². The van der Waals surface area contributed by atoms with Crippen molar-refractivity contribution in [1.82, 2.24) is 0 Å². The van der Waals surface area contributed by atoms with Crippen LogP contribution in [0.2, 0.25) is 0 Å². The summed E-state index contributed by atoms with van der Waals surface area (Å²) >= 11 is 0. The van der Waals surface area contributed by atoms with E-state index in [9.17, 15) is 0 Å². The van der Waals surface area contributed by atoms with Gasteiger partial charge >= 0.3 is 37.4 Å². The average molecular weight is 304 g/mol. The number of hydrogen-bond donors (Lipinski definition) is 3. The van der Waals surface area contributed by atoms with Gasteiger partial charge in [0.2, 0.25) is 0 Å². The summed E-state index contributed by atoms with van der Waals surface area (Å²) in [6, 6.07) is 0. The summed E-state index contributed by atoms with van der Waals surface area (Å²) in [4.78, 5) is 21.6. The fourth-order valence-electron chi connectivity index (χ4n) is 1.66. The van der Waals surface area contributed by atoms with Gasteiger partial charge in [-0.05, 0) is 0 Å². The van der Waals surface area contributed by atoms with Crippen molar-refractivity contribution in [2.45, 2.75) is 77.6 Å². The molecule has 0 aromatic heterocycles. The first kappa shape index (κ1) is 25.1. The van der Waals surface area contributed by atoms with Gasteiger partial charge in [-0.2, -0.15) is 6.42 Å². The van der Waals surface area contributed by atoms with Crippen LogP contribution in [-0.4, -0.2) is 14.7 Å². The third-order valence-electron chi connectivity index (χ3n) is 2.60. The van der Waals surface area contributed by atoms with E-state index in [1.807, 2.05) is 0 Å². The van der Waals surface area contributed by atoms with Crippen molar-refractivity contribution in [2.75, 3.05) is 0 Å². The Morgan fingerprint density at radius 1 is 0.789 bits per heavy atom. The number of unbranched alkanes of at least 4 members (excludes halogenated alkanes) is 10. The summed E-state index contributed by atoms with van der Waals surface area (Å²) in [6.07, 6.45) is 15.4. The van der Waals surface area contributed by atoms with E-state index in [2.05, 4.69) is 13.8 Å². The first-order chi connectivity index (χ1) is 8.41. The van der Waals surface area contributed by atoms with Crippen LogP contribution in [0.5, 0.6) is 0 Å². The van der Waals surface area contributed by atoms with Crippen molar-refractivity contribution in [1.29, 1.82) is 0 Å². The Kier molecular flexibility index (Phi) is 25.2. The summed E-state index contributed by atoms with van der Waals surface area (Å²) in [5.74, 6) is 0. The second-order valence-corrected chi connectivity index (χ2v) is 5.58. The van der Waals surface area contributed by atoms with Crippen molar-refractivity contribution >= 4 is 7.82 Å². The zero-order valence-corrected chi connectivity index (χ0v) is 15.6. The average Bonchev–Trinajstić information content (AvgIpc) is 2.25. The summed E-state index contributed by atoms with van der Waals surface area (Å²) in [7, 11) is -4.64. The standard InChI is InChI=1S/C13H27.Na.H3O4P/c1-3-5-7-9-11-13-12-10-8-6-4-2;;1-5(2,3)4/h1,3-13H2,2H3;;(H3,1,2,3,4)/q-1;+1;. The van der Waals surface area contributed by atoms with Gasteiger partial charge in [0, 0.05) is 0 Å². The van der Waals surface area contributed by atoms with Crippen LogP contribution in [0.15, 0.2) is 0 Å². The van der Waals surface area contributed by atoms with Crippen LogP contribution < -0.4 is 29.6 Å². The molecule has 0 amide bonds. The summed E-state index contributed by atoms with van der Waals surface area (Å²) in [5.41, 5.74) is 0. The van der Waals surface area contributed by atoms with Gasteiger partial charge in [-0.15, -0.1) is 0 Å². The maximum absolute atomic E-state index is 8.88. The molecule has 0 aliphatic rings. The van der Waals surface area contributed by atoms with Crippen LogP contribution in [0, 0.1) is 6.92 Å². The molecule has 0 aliphatic heterocycles. The molecule has 0 saturated carbocycles. The molecule has 0 atom stereocenters. The quantitative estimate of drug-likeness (QED) is 0.245. The van der Waals surface area contributed by atoms with E-state index in [-0.39, 0.29) is 29.6 Å². The molecule has 0 aromatic rings. The minimum Gasteiger partial charge on any atom is -0.343 e. The van der Waals surface area contributed by atoms with Gasteiger partial charge in [-0.1, -0.05) is 71.1 Å². The van der Waals surface area contributed by atoms with E-state index in [0.29, 0.717) is 0 Å². The van der Waals surface area contributed by atoms with Crippen molar-refractivity contribution in [2.24, 2.45) is 0 Å². The molecule has 0 spiro atoms. The first-order valence-electron chi connectivity index (χ1n) is 6.99. The van der Waals surface area contributed by atoms with E-state index in [1.165, 1.54) is 64.2 Å². The molecule has 4 nitrogen and oxygen atoms in total. The first-order valence-corrected chi connectivity index (χ1v) is 8.55. The van der Waals surface area contributed by atoms with E-state index in [4.69, 9.17) is 19.2 Å². The van der Waals surface area contributed by atoms with Crippen LogP contribution in [0.3, 0.4) is 0 Å². The fraction of sp³-hybridized carbons (Fsp3) is 0.923. The Bertz CT molecular complexity index is 179. The van der Waals surface area contributed by atoms with Gasteiger partial charge in [-0.25, -0.2) is 4.57 Å². The zero-order valence-electron chi connectivity index (χ0n) is 12.7. The summed E-state index contributed by atoms with van der Waals surface area (Å²) < 4.78 is 8.88. The molecule has 0 aliphatic carbocycles. The van der Waals surface area contributed by atoms with E-state index in [1.54, 1.807) is 0 Å². The maximum Gasteiger partial charge on any atom is 1.00 e. The Hall–Kier alpha value is 1.11. The van der Waals surface area contributed by atoms with Gasteiger partial charge < -0.3 is 21.6 Å². The van der Waals surface area contributed by atoms with Gasteiger partial charge in [-0.3, -0.25) is 0 Å². The van der Waals surface area contributed by atoms with Crippen molar-refractivity contribution in [3.8, 4) is 0 Å². The molecule has 112 valence electrons. The van der Waals surface area contributed by atoms with Crippen molar-refractivity contribution in [3.05, 3.63) is 6.92 Å². The molecule has 0 unspecified atom stereocenters. The number of phosphoric acid groups is 1. The topological polar surface area (TPSA) is 77.8 Å². The molecule has 19 heavy (non-hydrogen) atoms.